The summed E-state index contributed by atoms with van der Waals surface area (Å²) in [5.74, 6) is -0.0271. The lowest BCUT2D eigenvalue weighted by molar-refractivity contribution is -0.116. The molecule has 1 aliphatic heterocycles. The summed E-state index contributed by atoms with van der Waals surface area (Å²) in [4.78, 5) is 32.6. The SMILES string of the molecule is C=CCn1c(SCC(=O)N2CCCc3cc(S(=O)(=O)N(C)C)ccc32)nc2ccccc2c1=O. The summed E-state index contributed by atoms with van der Waals surface area (Å²) in [6.07, 6.45) is 3.07. The molecule has 0 unspecified atom stereocenters. The van der Waals surface area contributed by atoms with Crippen LogP contribution in [0.25, 0.3) is 10.9 Å². The highest BCUT2D eigenvalue weighted by atomic mass is 32.2. The molecule has 0 bridgehead atoms. The van der Waals surface area contributed by atoms with E-state index in [1.807, 2.05) is 6.07 Å². The Morgan fingerprint density at radius 2 is 2.00 bits per heavy atom. The lowest BCUT2D eigenvalue weighted by Crippen LogP contribution is -2.37. The van der Waals surface area contributed by atoms with Crippen LogP contribution in [-0.4, -0.2) is 54.6 Å². The molecule has 1 aliphatic rings. The zero-order chi connectivity index (χ0) is 24.5. The first-order valence-corrected chi connectivity index (χ1v) is 13.3. The molecule has 4 rings (SSSR count). The van der Waals surface area contributed by atoms with Gasteiger partial charge in [0.1, 0.15) is 0 Å². The molecule has 2 aromatic carbocycles. The van der Waals surface area contributed by atoms with Gasteiger partial charge in [-0.3, -0.25) is 14.2 Å². The number of benzene rings is 2. The first-order valence-electron chi connectivity index (χ1n) is 10.8. The number of carbonyl (C=O) groups excluding carboxylic acids is 1. The van der Waals surface area contributed by atoms with E-state index < -0.39 is 10.0 Å². The molecule has 1 amide bonds. The van der Waals surface area contributed by atoms with Gasteiger partial charge in [-0.15, -0.1) is 6.58 Å². The highest BCUT2D eigenvalue weighted by Crippen LogP contribution is 2.31. The van der Waals surface area contributed by atoms with Gasteiger partial charge in [-0.1, -0.05) is 30.0 Å². The molecule has 0 atom stereocenters. The molecule has 0 spiro atoms. The molecule has 0 fully saturated rings. The number of amides is 1. The number of anilines is 1. The number of para-hydroxylation sites is 1. The minimum atomic E-state index is -3.55. The maximum Gasteiger partial charge on any atom is 0.262 e. The highest BCUT2D eigenvalue weighted by Gasteiger charge is 2.26. The Kier molecular flexibility index (Phi) is 6.92. The quantitative estimate of drug-likeness (QED) is 0.283. The summed E-state index contributed by atoms with van der Waals surface area (Å²) in [5, 5.41) is 0.982. The van der Waals surface area contributed by atoms with E-state index in [4.69, 9.17) is 0 Å². The highest BCUT2D eigenvalue weighted by molar-refractivity contribution is 7.99. The topological polar surface area (TPSA) is 92.6 Å². The van der Waals surface area contributed by atoms with Crippen LogP contribution in [0.4, 0.5) is 5.69 Å². The van der Waals surface area contributed by atoms with E-state index in [2.05, 4.69) is 11.6 Å². The van der Waals surface area contributed by atoms with Gasteiger partial charge in [-0.05, 0) is 48.7 Å². The summed E-state index contributed by atoms with van der Waals surface area (Å²) >= 11 is 1.21. The van der Waals surface area contributed by atoms with Gasteiger partial charge in [0.2, 0.25) is 15.9 Å². The fraction of sp³-hybridized carbons (Fsp3) is 0.292. The third kappa shape index (κ3) is 4.53. The van der Waals surface area contributed by atoms with E-state index in [1.165, 1.54) is 34.7 Å². The van der Waals surface area contributed by atoms with E-state index in [0.29, 0.717) is 35.6 Å². The normalized spacial score (nSPS) is 13.8. The van der Waals surface area contributed by atoms with E-state index in [-0.39, 0.29) is 22.1 Å². The third-order valence-corrected chi connectivity index (χ3v) is 8.48. The summed E-state index contributed by atoms with van der Waals surface area (Å²) in [5.41, 5.74) is 1.98. The molecule has 0 saturated carbocycles. The van der Waals surface area contributed by atoms with Crippen molar-refractivity contribution in [2.45, 2.75) is 29.4 Å². The third-order valence-electron chi connectivity index (χ3n) is 5.71. The average molecular weight is 499 g/mol. The predicted molar refractivity (Wildman–Crippen MR) is 135 cm³/mol. The lowest BCUT2D eigenvalue weighted by atomic mass is 10.0. The molecular weight excluding hydrogens is 472 g/mol. The number of aryl methyl sites for hydroxylation is 1. The maximum atomic E-state index is 13.2. The lowest BCUT2D eigenvalue weighted by Gasteiger charge is -2.30. The number of sulfonamides is 1. The molecule has 3 aromatic rings. The number of thioether (sulfide) groups is 1. The Morgan fingerprint density at radius 1 is 1.24 bits per heavy atom. The second-order valence-electron chi connectivity index (χ2n) is 8.13. The fourth-order valence-corrected chi connectivity index (χ4v) is 5.79. The molecule has 0 saturated heterocycles. The summed E-state index contributed by atoms with van der Waals surface area (Å²) in [6, 6.07) is 12.0. The molecule has 2 heterocycles. The van der Waals surface area contributed by atoms with Crippen LogP contribution in [0.2, 0.25) is 0 Å². The van der Waals surface area contributed by atoms with Crippen molar-refractivity contribution in [1.82, 2.24) is 13.9 Å². The molecular formula is C24H26N4O4S2. The van der Waals surface area contributed by atoms with Gasteiger partial charge in [0.05, 0.1) is 21.6 Å². The monoisotopic (exact) mass is 498 g/mol. The average Bonchev–Trinajstić information content (AvgIpc) is 2.83. The second kappa shape index (κ2) is 9.73. The van der Waals surface area contributed by atoms with Crippen LogP contribution in [0.3, 0.4) is 0 Å². The summed E-state index contributed by atoms with van der Waals surface area (Å²) < 4.78 is 27.7. The van der Waals surface area contributed by atoms with Gasteiger partial charge in [0, 0.05) is 32.9 Å². The first-order chi connectivity index (χ1) is 16.2. The Hall–Kier alpha value is -2.95. The number of fused-ring (bicyclic) bond motifs is 2. The van der Waals surface area contributed by atoms with Crippen molar-refractivity contribution in [2.75, 3.05) is 31.3 Å². The van der Waals surface area contributed by atoms with Gasteiger partial charge < -0.3 is 4.90 Å². The molecule has 178 valence electrons. The van der Waals surface area contributed by atoms with E-state index >= 15 is 0 Å². The van der Waals surface area contributed by atoms with Crippen LogP contribution in [0.15, 0.2) is 70.0 Å². The largest absolute Gasteiger partial charge is 0.311 e. The van der Waals surface area contributed by atoms with Crippen molar-refractivity contribution in [1.29, 1.82) is 0 Å². The number of aromatic nitrogens is 2. The van der Waals surface area contributed by atoms with Gasteiger partial charge in [-0.25, -0.2) is 17.7 Å². The molecule has 0 N–H and O–H groups in total. The van der Waals surface area contributed by atoms with Crippen LogP contribution >= 0.6 is 11.8 Å². The van der Waals surface area contributed by atoms with Crippen LogP contribution in [0.5, 0.6) is 0 Å². The Bertz CT molecular complexity index is 1430. The van der Waals surface area contributed by atoms with Crippen molar-refractivity contribution >= 4 is 44.3 Å². The second-order valence-corrected chi connectivity index (χ2v) is 11.2. The molecule has 0 aliphatic carbocycles. The van der Waals surface area contributed by atoms with Crippen molar-refractivity contribution < 1.29 is 13.2 Å². The first kappa shape index (κ1) is 24.2. The minimum absolute atomic E-state index is 0.0963. The smallest absolute Gasteiger partial charge is 0.262 e. The minimum Gasteiger partial charge on any atom is -0.311 e. The van der Waals surface area contributed by atoms with Gasteiger partial charge in [0.25, 0.3) is 5.56 Å². The van der Waals surface area contributed by atoms with Crippen molar-refractivity contribution in [3.8, 4) is 0 Å². The molecule has 0 radical (unpaired) electrons. The zero-order valence-electron chi connectivity index (χ0n) is 19.1. The van der Waals surface area contributed by atoms with Gasteiger partial charge in [0.15, 0.2) is 5.16 Å². The van der Waals surface area contributed by atoms with Gasteiger partial charge >= 0.3 is 0 Å². The fourth-order valence-electron chi connectivity index (χ4n) is 3.96. The van der Waals surface area contributed by atoms with E-state index in [1.54, 1.807) is 47.4 Å². The number of nitrogens with zero attached hydrogens (tertiary/aromatic N) is 4. The molecule has 8 nitrogen and oxygen atoms in total. The van der Waals surface area contributed by atoms with Crippen molar-refractivity contribution in [3.63, 3.8) is 0 Å². The van der Waals surface area contributed by atoms with Crippen LogP contribution in [0.1, 0.15) is 12.0 Å². The molecule has 34 heavy (non-hydrogen) atoms. The van der Waals surface area contributed by atoms with E-state index in [9.17, 15) is 18.0 Å². The number of carbonyl (C=O) groups is 1. The zero-order valence-corrected chi connectivity index (χ0v) is 20.7. The number of hydrogen-bond donors (Lipinski definition) is 0. The Balaban J connectivity index is 1.59. The maximum absolute atomic E-state index is 13.2. The number of hydrogen-bond acceptors (Lipinski definition) is 6. The number of allylic oxidation sites excluding steroid dienone is 1. The summed E-state index contributed by atoms with van der Waals surface area (Å²) in [7, 11) is -0.560. The van der Waals surface area contributed by atoms with Crippen LogP contribution < -0.4 is 10.5 Å². The van der Waals surface area contributed by atoms with Crippen LogP contribution in [-0.2, 0) is 27.8 Å². The molecule has 1 aromatic heterocycles. The van der Waals surface area contributed by atoms with Crippen molar-refractivity contribution in [2.24, 2.45) is 0 Å². The number of rotatable bonds is 7. The van der Waals surface area contributed by atoms with Crippen LogP contribution in [0, 0.1) is 0 Å². The standard InChI is InChI=1S/C24H26N4O4S2/c1-4-13-28-23(30)19-9-5-6-10-20(19)25-24(28)33-16-22(29)27-14-7-8-17-15-18(11-12-21(17)27)34(31,32)26(2)3/h4-6,9-12,15H,1,7-8,13-14,16H2,2-3H3. The Morgan fingerprint density at radius 3 is 2.74 bits per heavy atom. The van der Waals surface area contributed by atoms with E-state index in [0.717, 1.165) is 17.7 Å². The van der Waals surface area contributed by atoms with Crippen molar-refractivity contribution in [3.05, 3.63) is 71.0 Å². The van der Waals surface area contributed by atoms with Gasteiger partial charge in [-0.2, -0.15) is 0 Å². The predicted octanol–water partition coefficient (Wildman–Crippen LogP) is 2.90. The summed E-state index contributed by atoms with van der Waals surface area (Å²) in [6.45, 7) is 4.58. The molecule has 10 heteroatoms. The Labute approximate surface area is 203 Å².